The van der Waals surface area contributed by atoms with Crippen LogP contribution in [0.1, 0.15) is 17.7 Å². The van der Waals surface area contributed by atoms with Gasteiger partial charge in [-0.3, -0.25) is 0 Å². The summed E-state index contributed by atoms with van der Waals surface area (Å²) in [5.41, 5.74) is 2.31. The van der Waals surface area contributed by atoms with Gasteiger partial charge in [-0.15, -0.1) is 11.3 Å². The number of rotatable bonds is 6. The van der Waals surface area contributed by atoms with E-state index in [0.29, 0.717) is 13.1 Å². The molecule has 0 aliphatic heterocycles. The summed E-state index contributed by atoms with van der Waals surface area (Å²) in [6.07, 6.45) is -4.65. The molecule has 0 saturated heterocycles. The van der Waals surface area contributed by atoms with Gasteiger partial charge in [-0.1, -0.05) is 30.3 Å². The smallest absolute Gasteiger partial charge is 0.312 e. The molecule has 1 aromatic carbocycles. The largest absolute Gasteiger partial charge is 0.389 e. The zero-order valence-electron chi connectivity index (χ0n) is 10.9. The fourth-order valence-electron chi connectivity index (χ4n) is 1.88. The molecule has 0 atom stereocenters. The van der Waals surface area contributed by atoms with Crippen LogP contribution in [0.15, 0.2) is 41.8 Å². The number of benzene rings is 1. The topological polar surface area (TPSA) is 12.0 Å². The van der Waals surface area contributed by atoms with Crippen LogP contribution in [-0.4, -0.2) is 12.7 Å². The third kappa shape index (κ3) is 4.98. The van der Waals surface area contributed by atoms with E-state index in [2.05, 4.69) is 16.8 Å². The Morgan fingerprint density at radius 3 is 2.50 bits per heavy atom. The van der Waals surface area contributed by atoms with Crippen LogP contribution in [0.25, 0.3) is 11.1 Å². The Bertz CT molecular complexity index is 519. The Hall–Kier alpha value is -1.33. The maximum atomic E-state index is 12.0. The van der Waals surface area contributed by atoms with E-state index in [4.69, 9.17) is 0 Å². The van der Waals surface area contributed by atoms with Crippen molar-refractivity contribution in [3.8, 4) is 11.1 Å². The molecule has 20 heavy (non-hydrogen) atoms. The van der Waals surface area contributed by atoms with E-state index in [0.717, 1.165) is 16.0 Å². The summed E-state index contributed by atoms with van der Waals surface area (Å²) >= 11 is 1.62. The van der Waals surface area contributed by atoms with Gasteiger partial charge >= 0.3 is 6.18 Å². The number of hydrogen-bond acceptors (Lipinski definition) is 2. The first kappa shape index (κ1) is 15.1. The van der Waals surface area contributed by atoms with Crippen LogP contribution in [-0.2, 0) is 6.54 Å². The Morgan fingerprint density at radius 1 is 1.05 bits per heavy atom. The van der Waals surface area contributed by atoms with Crippen molar-refractivity contribution in [1.82, 2.24) is 5.32 Å². The van der Waals surface area contributed by atoms with Crippen molar-refractivity contribution in [2.24, 2.45) is 0 Å². The predicted octanol–water partition coefficient (Wildman–Crippen LogP) is 4.85. The minimum atomic E-state index is -4.05. The molecule has 0 amide bonds. The van der Waals surface area contributed by atoms with Crippen molar-refractivity contribution in [3.05, 3.63) is 46.7 Å². The molecule has 0 bridgehead atoms. The molecule has 5 heteroatoms. The number of halogens is 3. The third-order valence-electron chi connectivity index (χ3n) is 2.87. The molecule has 2 rings (SSSR count). The monoisotopic (exact) mass is 299 g/mol. The highest BCUT2D eigenvalue weighted by Crippen LogP contribution is 2.25. The average molecular weight is 299 g/mol. The lowest BCUT2D eigenvalue weighted by Crippen LogP contribution is -2.17. The summed E-state index contributed by atoms with van der Waals surface area (Å²) in [5.74, 6) is 0. The van der Waals surface area contributed by atoms with E-state index in [1.807, 2.05) is 30.3 Å². The lowest BCUT2D eigenvalue weighted by molar-refractivity contribution is -0.135. The predicted molar refractivity (Wildman–Crippen MR) is 76.8 cm³/mol. The second-order valence-electron chi connectivity index (χ2n) is 4.56. The summed E-state index contributed by atoms with van der Waals surface area (Å²) in [6, 6.07) is 12.1. The van der Waals surface area contributed by atoms with E-state index < -0.39 is 12.6 Å². The molecule has 0 aliphatic carbocycles. The third-order valence-corrected chi connectivity index (χ3v) is 3.81. The van der Waals surface area contributed by atoms with E-state index in [1.165, 1.54) is 0 Å². The summed E-state index contributed by atoms with van der Waals surface area (Å²) in [7, 11) is 0. The van der Waals surface area contributed by atoms with Crippen molar-refractivity contribution >= 4 is 11.3 Å². The van der Waals surface area contributed by atoms with Gasteiger partial charge in [0.25, 0.3) is 0 Å². The van der Waals surface area contributed by atoms with Crippen molar-refractivity contribution in [2.45, 2.75) is 25.6 Å². The number of hydrogen-bond donors (Lipinski definition) is 1. The maximum absolute atomic E-state index is 12.0. The molecule has 1 heterocycles. The molecule has 0 unspecified atom stereocenters. The summed E-state index contributed by atoms with van der Waals surface area (Å²) < 4.78 is 35.9. The first-order valence-corrected chi connectivity index (χ1v) is 7.33. The number of thiophene rings is 1. The van der Waals surface area contributed by atoms with Gasteiger partial charge in [-0.05, 0) is 35.5 Å². The van der Waals surface area contributed by atoms with Crippen LogP contribution < -0.4 is 5.32 Å². The van der Waals surface area contributed by atoms with E-state index in [9.17, 15) is 13.2 Å². The highest BCUT2D eigenvalue weighted by atomic mass is 32.1. The molecule has 0 fully saturated rings. The van der Waals surface area contributed by atoms with Gasteiger partial charge in [0.2, 0.25) is 0 Å². The number of alkyl halides is 3. The highest BCUT2D eigenvalue weighted by Gasteiger charge is 2.25. The van der Waals surface area contributed by atoms with Gasteiger partial charge in [0, 0.05) is 17.8 Å². The lowest BCUT2D eigenvalue weighted by Gasteiger charge is -2.06. The van der Waals surface area contributed by atoms with Gasteiger partial charge in [0.1, 0.15) is 0 Å². The Morgan fingerprint density at radius 2 is 1.80 bits per heavy atom. The quantitative estimate of drug-likeness (QED) is 0.752. The van der Waals surface area contributed by atoms with E-state index >= 15 is 0 Å². The second kappa shape index (κ2) is 6.90. The van der Waals surface area contributed by atoms with Crippen molar-refractivity contribution < 1.29 is 13.2 Å². The molecule has 0 radical (unpaired) electrons. The van der Waals surface area contributed by atoms with Crippen molar-refractivity contribution in [1.29, 1.82) is 0 Å². The molecule has 1 N–H and O–H groups in total. The summed E-state index contributed by atoms with van der Waals surface area (Å²) in [4.78, 5) is 1.14. The van der Waals surface area contributed by atoms with Gasteiger partial charge in [0.05, 0.1) is 0 Å². The van der Waals surface area contributed by atoms with Crippen molar-refractivity contribution in [3.63, 3.8) is 0 Å². The van der Waals surface area contributed by atoms with E-state index in [-0.39, 0.29) is 6.42 Å². The Balaban J connectivity index is 1.76. The summed E-state index contributed by atoms with van der Waals surface area (Å²) in [6.45, 7) is 1.01. The normalized spacial score (nSPS) is 11.8. The molecule has 2 aromatic rings. The Labute approximate surface area is 120 Å². The fraction of sp³-hybridized carbons (Fsp3) is 0.333. The van der Waals surface area contributed by atoms with Gasteiger partial charge < -0.3 is 5.32 Å². The minimum absolute atomic E-state index is 0.125. The number of nitrogens with one attached hydrogen (secondary N) is 1. The molecule has 1 aromatic heterocycles. The lowest BCUT2D eigenvalue weighted by atomic mass is 10.1. The van der Waals surface area contributed by atoms with Crippen molar-refractivity contribution in [2.75, 3.05) is 6.54 Å². The maximum Gasteiger partial charge on any atom is 0.389 e. The van der Waals surface area contributed by atoms with Gasteiger partial charge in [-0.2, -0.15) is 13.2 Å². The summed E-state index contributed by atoms with van der Waals surface area (Å²) in [5, 5.41) is 5.12. The molecule has 1 nitrogen and oxygen atoms in total. The molecule has 108 valence electrons. The van der Waals surface area contributed by atoms with Crippen LogP contribution in [0.3, 0.4) is 0 Å². The van der Waals surface area contributed by atoms with Crippen LogP contribution in [0.5, 0.6) is 0 Å². The standard InChI is InChI=1S/C15H16F3NS/c16-15(17,18)7-4-8-19-10-14-9-13(11-20-14)12-5-2-1-3-6-12/h1-3,5-6,9,11,19H,4,7-8,10H2. The van der Waals surface area contributed by atoms with Crippen LogP contribution in [0.4, 0.5) is 13.2 Å². The Kier molecular flexibility index (Phi) is 5.20. The molecular weight excluding hydrogens is 283 g/mol. The van der Waals surface area contributed by atoms with Crippen LogP contribution >= 0.6 is 11.3 Å². The minimum Gasteiger partial charge on any atom is -0.312 e. The SMILES string of the molecule is FC(F)(F)CCCNCc1cc(-c2ccccc2)cs1. The molecule has 0 spiro atoms. The zero-order chi connectivity index (χ0) is 14.4. The highest BCUT2D eigenvalue weighted by molar-refractivity contribution is 7.10. The van der Waals surface area contributed by atoms with Crippen LogP contribution in [0, 0.1) is 0 Å². The average Bonchev–Trinajstić information content (AvgIpc) is 2.87. The molecule has 0 aliphatic rings. The molecular formula is C15H16F3NS. The zero-order valence-corrected chi connectivity index (χ0v) is 11.7. The molecule has 0 saturated carbocycles. The first-order valence-electron chi connectivity index (χ1n) is 6.45. The van der Waals surface area contributed by atoms with Gasteiger partial charge in [0.15, 0.2) is 0 Å². The van der Waals surface area contributed by atoms with Gasteiger partial charge in [-0.25, -0.2) is 0 Å². The van der Waals surface area contributed by atoms with Crippen LogP contribution in [0.2, 0.25) is 0 Å². The first-order chi connectivity index (χ1) is 9.54. The van der Waals surface area contributed by atoms with E-state index in [1.54, 1.807) is 11.3 Å². The fourth-order valence-corrected chi connectivity index (χ4v) is 2.74. The second-order valence-corrected chi connectivity index (χ2v) is 5.56.